The van der Waals surface area contributed by atoms with Crippen LogP contribution < -0.4 is 10.2 Å². The minimum absolute atomic E-state index is 0.141. The molecule has 1 fully saturated rings. The molecule has 28 heavy (non-hydrogen) atoms. The number of likely N-dealkylation sites (N-methyl/N-ethyl adjacent to an activating group) is 1. The Bertz CT molecular complexity index is 995. The molecule has 2 aromatic carbocycles. The molecule has 1 heterocycles. The van der Waals surface area contributed by atoms with Crippen molar-refractivity contribution >= 4 is 29.3 Å². The van der Waals surface area contributed by atoms with Crippen LogP contribution in [-0.2, 0) is 16.0 Å². The van der Waals surface area contributed by atoms with E-state index in [1.54, 1.807) is 0 Å². The van der Waals surface area contributed by atoms with Crippen LogP contribution in [0.2, 0.25) is 0 Å². The van der Waals surface area contributed by atoms with Crippen molar-refractivity contribution in [1.29, 1.82) is 5.26 Å². The molecule has 1 unspecified atom stereocenters. The fourth-order valence-electron chi connectivity index (χ4n) is 2.98. The molecule has 1 saturated heterocycles. The monoisotopic (exact) mass is 395 g/mol. The second-order valence-corrected chi connectivity index (χ2v) is 7.45. The Morgan fingerprint density at radius 1 is 1.25 bits per heavy atom. The van der Waals surface area contributed by atoms with Crippen molar-refractivity contribution in [2.45, 2.75) is 18.6 Å². The van der Waals surface area contributed by atoms with Gasteiger partial charge in [0.25, 0.3) is 5.91 Å². The highest BCUT2D eigenvalue weighted by molar-refractivity contribution is 8.05. The molecule has 0 radical (unpaired) electrons. The largest absolute Gasteiger partial charge is 0.354 e. The molecule has 1 atom stereocenters. The summed E-state index contributed by atoms with van der Waals surface area (Å²) in [7, 11) is 1.43. The number of carbonyl (C=O) groups excluding carboxylic acids is 2. The number of nitrogens with one attached hydrogen (secondary N) is 1. The third-order valence-electron chi connectivity index (χ3n) is 4.48. The first kappa shape index (κ1) is 19.6. The number of anilines is 1. The molecule has 142 valence electrons. The van der Waals surface area contributed by atoms with Gasteiger partial charge in [-0.15, -0.1) is 0 Å². The van der Waals surface area contributed by atoms with Gasteiger partial charge in [-0.3, -0.25) is 14.5 Å². The van der Waals surface area contributed by atoms with Crippen LogP contribution in [0.3, 0.4) is 0 Å². The van der Waals surface area contributed by atoms with Crippen molar-refractivity contribution in [3.63, 3.8) is 0 Å². The molecule has 0 saturated carbocycles. The molecule has 1 aliphatic heterocycles. The summed E-state index contributed by atoms with van der Waals surface area (Å²) in [5.74, 6) is -1.25. The molecule has 7 heteroatoms. The molecule has 3 rings (SSSR count). The molecule has 0 bridgehead atoms. The second-order valence-electron chi connectivity index (χ2n) is 6.26. The summed E-state index contributed by atoms with van der Waals surface area (Å²) in [4.78, 5) is 26.7. The first-order valence-electron chi connectivity index (χ1n) is 8.63. The van der Waals surface area contributed by atoms with E-state index in [9.17, 15) is 19.2 Å². The van der Waals surface area contributed by atoms with Crippen LogP contribution in [0.5, 0.6) is 0 Å². The van der Waals surface area contributed by atoms with E-state index in [0.29, 0.717) is 12.1 Å². The highest BCUT2D eigenvalue weighted by atomic mass is 32.2. The average molecular weight is 395 g/mol. The van der Waals surface area contributed by atoms with Gasteiger partial charge in [-0.1, -0.05) is 36.0 Å². The Balaban J connectivity index is 2.06. The number of nitrogens with zero attached hydrogens (tertiary/aromatic N) is 2. The van der Waals surface area contributed by atoms with Gasteiger partial charge in [0.15, 0.2) is 0 Å². The zero-order chi connectivity index (χ0) is 20.3. The Kier molecular flexibility index (Phi) is 5.81. The molecule has 5 nitrogen and oxygen atoms in total. The predicted molar refractivity (Wildman–Crippen MR) is 107 cm³/mol. The number of rotatable bonds is 4. The first-order valence-corrected chi connectivity index (χ1v) is 9.51. The lowest BCUT2D eigenvalue weighted by Crippen LogP contribution is -2.31. The Morgan fingerprint density at radius 2 is 1.93 bits per heavy atom. The van der Waals surface area contributed by atoms with Crippen molar-refractivity contribution in [2.75, 3.05) is 11.9 Å². The number of benzene rings is 2. The molecule has 1 N–H and O–H groups in total. The minimum atomic E-state index is -0.568. The Hall–Kier alpha value is -3.11. The fourth-order valence-corrected chi connectivity index (χ4v) is 4.27. The SMILES string of the molecule is CNC(=O)/C(C#N)=C1\SC(Cc2ccccc2C)C(=O)N1c1ccc(F)cc1. The zero-order valence-corrected chi connectivity index (χ0v) is 16.2. The molecule has 2 amide bonds. The van der Waals surface area contributed by atoms with Crippen molar-refractivity contribution in [1.82, 2.24) is 5.32 Å². The van der Waals surface area contributed by atoms with E-state index in [1.807, 2.05) is 37.3 Å². The summed E-state index contributed by atoms with van der Waals surface area (Å²) in [5.41, 5.74) is 2.36. The van der Waals surface area contributed by atoms with E-state index in [-0.39, 0.29) is 16.5 Å². The van der Waals surface area contributed by atoms with E-state index in [4.69, 9.17) is 0 Å². The maximum absolute atomic E-state index is 13.3. The maximum atomic E-state index is 13.3. The van der Waals surface area contributed by atoms with Crippen LogP contribution in [-0.4, -0.2) is 24.1 Å². The van der Waals surface area contributed by atoms with Gasteiger partial charge in [-0.05, 0) is 48.7 Å². The van der Waals surface area contributed by atoms with Crippen LogP contribution in [0.15, 0.2) is 59.1 Å². The van der Waals surface area contributed by atoms with Crippen LogP contribution in [0.4, 0.5) is 10.1 Å². The van der Waals surface area contributed by atoms with Gasteiger partial charge in [0.1, 0.15) is 22.5 Å². The number of amides is 2. The van der Waals surface area contributed by atoms with Gasteiger partial charge < -0.3 is 5.32 Å². The smallest absolute Gasteiger partial charge is 0.264 e. The summed E-state index contributed by atoms with van der Waals surface area (Å²) < 4.78 is 13.3. The van der Waals surface area contributed by atoms with Gasteiger partial charge >= 0.3 is 0 Å². The van der Waals surface area contributed by atoms with E-state index < -0.39 is 17.0 Å². The third-order valence-corrected chi connectivity index (χ3v) is 5.75. The number of nitriles is 1. The summed E-state index contributed by atoms with van der Waals surface area (Å²) in [6, 6.07) is 15.1. The minimum Gasteiger partial charge on any atom is -0.354 e. The maximum Gasteiger partial charge on any atom is 0.264 e. The number of hydrogen-bond donors (Lipinski definition) is 1. The van der Waals surface area contributed by atoms with Gasteiger partial charge in [0.2, 0.25) is 5.91 Å². The average Bonchev–Trinajstić information content (AvgIpc) is 3.01. The number of thioether (sulfide) groups is 1. The zero-order valence-electron chi connectivity index (χ0n) is 15.4. The van der Waals surface area contributed by atoms with E-state index in [1.165, 1.54) is 48.0 Å². The van der Waals surface area contributed by atoms with Gasteiger partial charge in [0.05, 0.1) is 5.25 Å². The molecular weight excluding hydrogens is 377 g/mol. The summed E-state index contributed by atoms with van der Waals surface area (Å²) in [5, 5.41) is 11.7. The molecule has 0 spiro atoms. The predicted octanol–water partition coefficient (Wildman–Crippen LogP) is 3.31. The van der Waals surface area contributed by atoms with E-state index in [0.717, 1.165) is 11.1 Å². The molecule has 0 aliphatic carbocycles. The van der Waals surface area contributed by atoms with Crippen molar-refractivity contribution < 1.29 is 14.0 Å². The van der Waals surface area contributed by atoms with Crippen LogP contribution in [0.1, 0.15) is 11.1 Å². The van der Waals surface area contributed by atoms with Gasteiger partial charge in [-0.2, -0.15) is 5.26 Å². The molecule has 0 aromatic heterocycles. The topological polar surface area (TPSA) is 73.2 Å². The lowest BCUT2D eigenvalue weighted by atomic mass is 10.0. The second kappa shape index (κ2) is 8.28. The van der Waals surface area contributed by atoms with Crippen LogP contribution in [0, 0.1) is 24.1 Å². The van der Waals surface area contributed by atoms with E-state index >= 15 is 0 Å². The standard InChI is InChI=1S/C21H18FN3O2S/c1-13-5-3-4-6-14(13)11-18-20(27)25(16-9-7-15(22)8-10-16)21(28-18)17(12-23)19(26)24-2/h3-10,18H,11H2,1-2H3,(H,24,26)/b21-17-. The number of aryl methyl sites for hydroxylation is 1. The number of hydrogen-bond acceptors (Lipinski definition) is 4. The lowest BCUT2D eigenvalue weighted by Gasteiger charge is -2.18. The number of halogens is 1. The normalized spacial score (nSPS) is 18.0. The number of carbonyl (C=O) groups is 2. The van der Waals surface area contributed by atoms with Gasteiger partial charge in [0, 0.05) is 12.7 Å². The Labute approximate surface area is 166 Å². The third kappa shape index (κ3) is 3.78. The first-order chi connectivity index (χ1) is 13.5. The quantitative estimate of drug-likeness (QED) is 0.637. The molecule has 2 aromatic rings. The van der Waals surface area contributed by atoms with Crippen LogP contribution >= 0.6 is 11.8 Å². The summed E-state index contributed by atoms with van der Waals surface area (Å²) in [6.07, 6.45) is 0.462. The van der Waals surface area contributed by atoms with Gasteiger partial charge in [-0.25, -0.2) is 4.39 Å². The van der Waals surface area contributed by atoms with Crippen molar-refractivity contribution in [2.24, 2.45) is 0 Å². The Morgan fingerprint density at radius 3 is 2.54 bits per heavy atom. The van der Waals surface area contributed by atoms with Crippen LogP contribution in [0.25, 0.3) is 0 Å². The van der Waals surface area contributed by atoms with Crippen molar-refractivity contribution in [3.8, 4) is 6.07 Å². The van der Waals surface area contributed by atoms with E-state index in [2.05, 4.69) is 5.32 Å². The highest BCUT2D eigenvalue weighted by Gasteiger charge is 2.40. The molecule has 1 aliphatic rings. The summed E-state index contributed by atoms with van der Waals surface area (Å²) >= 11 is 1.18. The molecular formula is C21H18FN3O2S. The highest BCUT2D eigenvalue weighted by Crippen LogP contribution is 2.42. The summed E-state index contributed by atoms with van der Waals surface area (Å²) in [6.45, 7) is 1.97. The lowest BCUT2D eigenvalue weighted by molar-refractivity contribution is -0.117. The fraction of sp³-hybridized carbons (Fsp3) is 0.190. The van der Waals surface area contributed by atoms with Crippen molar-refractivity contribution in [3.05, 3.63) is 76.1 Å².